The van der Waals surface area contributed by atoms with E-state index < -0.39 is 5.97 Å². The number of halogens is 1. The molecule has 0 bridgehead atoms. The summed E-state index contributed by atoms with van der Waals surface area (Å²) in [4.78, 5) is 11.0. The first kappa shape index (κ1) is 15.4. The van der Waals surface area contributed by atoms with Gasteiger partial charge in [0.1, 0.15) is 17.1 Å². The molecule has 110 valence electrons. The largest absolute Gasteiger partial charge is 0.493 e. The zero-order chi connectivity index (χ0) is 15.1. The third kappa shape index (κ3) is 4.49. The van der Waals surface area contributed by atoms with E-state index in [1.807, 2.05) is 24.3 Å². The van der Waals surface area contributed by atoms with Crippen molar-refractivity contribution in [3.63, 3.8) is 0 Å². The van der Waals surface area contributed by atoms with E-state index in [4.69, 9.17) is 14.6 Å². The maximum Gasteiger partial charge on any atom is 0.339 e. The van der Waals surface area contributed by atoms with E-state index >= 15 is 0 Å². The van der Waals surface area contributed by atoms with E-state index in [9.17, 15) is 4.79 Å². The van der Waals surface area contributed by atoms with Gasteiger partial charge in [-0.3, -0.25) is 0 Å². The molecule has 1 N–H and O–H groups in total. The van der Waals surface area contributed by atoms with Crippen LogP contribution >= 0.6 is 15.9 Å². The van der Waals surface area contributed by atoms with Gasteiger partial charge in [-0.25, -0.2) is 4.79 Å². The molecule has 2 rings (SSSR count). The topological polar surface area (TPSA) is 55.8 Å². The number of hydrogen-bond acceptors (Lipinski definition) is 3. The number of carboxylic acids is 1. The van der Waals surface area contributed by atoms with E-state index in [0.717, 1.165) is 10.2 Å². The van der Waals surface area contributed by atoms with Gasteiger partial charge in [0.25, 0.3) is 0 Å². The molecule has 2 aromatic carbocycles. The van der Waals surface area contributed by atoms with Crippen LogP contribution in [0.1, 0.15) is 16.8 Å². The van der Waals surface area contributed by atoms with Crippen LogP contribution in [-0.2, 0) is 0 Å². The van der Waals surface area contributed by atoms with E-state index in [2.05, 4.69) is 15.9 Å². The lowest BCUT2D eigenvalue weighted by Crippen LogP contribution is -2.08. The summed E-state index contributed by atoms with van der Waals surface area (Å²) < 4.78 is 12.0. The Morgan fingerprint density at radius 2 is 1.52 bits per heavy atom. The monoisotopic (exact) mass is 350 g/mol. The molecule has 5 heteroatoms. The van der Waals surface area contributed by atoms with Gasteiger partial charge in [0.05, 0.1) is 17.7 Å². The normalized spacial score (nSPS) is 10.1. The van der Waals surface area contributed by atoms with Crippen molar-refractivity contribution in [2.75, 3.05) is 13.2 Å². The van der Waals surface area contributed by atoms with Gasteiger partial charge in [-0.2, -0.15) is 0 Å². The van der Waals surface area contributed by atoms with Gasteiger partial charge in [-0.05, 0) is 40.2 Å². The minimum absolute atomic E-state index is 0.171. The van der Waals surface area contributed by atoms with Gasteiger partial charge in [0, 0.05) is 6.42 Å². The second kappa shape index (κ2) is 7.69. The highest BCUT2D eigenvalue weighted by Gasteiger charge is 2.09. The summed E-state index contributed by atoms with van der Waals surface area (Å²) in [6.07, 6.45) is 0.662. The number of para-hydroxylation sites is 2. The second-order valence-corrected chi connectivity index (χ2v) is 5.14. The second-order valence-electron chi connectivity index (χ2n) is 4.28. The molecule has 0 unspecified atom stereocenters. The van der Waals surface area contributed by atoms with Crippen molar-refractivity contribution in [1.29, 1.82) is 0 Å². The molecule has 4 nitrogen and oxygen atoms in total. The molecule has 0 fully saturated rings. The minimum Gasteiger partial charge on any atom is -0.493 e. The fourth-order valence-electron chi connectivity index (χ4n) is 1.75. The predicted molar refractivity (Wildman–Crippen MR) is 83.2 cm³/mol. The number of carboxylic acid groups (broad SMARTS) is 1. The van der Waals surface area contributed by atoms with Crippen molar-refractivity contribution < 1.29 is 19.4 Å². The van der Waals surface area contributed by atoms with Crippen molar-refractivity contribution in [3.8, 4) is 11.5 Å². The Kier molecular flexibility index (Phi) is 5.63. The van der Waals surface area contributed by atoms with Crippen LogP contribution < -0.4 is 9.47 Å². The van der Waals surface area contributed by atoms with E-state index in [1.54, 1.807) is 18.2 Å². The van der Waals surface area contributed by atoms with E-state index in [0.29, 0.717) is 25.4 Å². The van der Waals surface area contributed by atoms with Crippen LogP contribution in [0.4, 0.5) is 0 Å². The molecule has 0 radical (unpaired) electrons. The zero-order valence-electron chi connectivity index (χ0n) is 11.3. The summed E-state index contributed by atoms with van der Waals surface area (Å²) in [5.74, 6) is 0.171. The third-order valence-corrected chi connectivity index (χ3v) is 3.41. The summed E-state index contributed by atoms with van der Waals surface area (Å²) in [6.45, 7) is 0.895. The molecule has 0 aromatic heterocycles. The number of benzene rings is 2. The van der Waals surface area contributed by atoms with Crippen LogP contribution in [0.25, 0.3) is 0 Å². The number of hydrogen-bond donors (Lipinski definition) is 1. The highest BCUT2D eigenvalue weighted by Crippen LogP contribution is 2.24. The first-order chi connectivity index (χ1) is 10.2. The number of ether oxygens (including phenoxy) is 2. The average molecular weight is 351 g/mol. The molecule has 0 aliphatic rings. The zero-order valence-corrected chi connectivity index (χ0v) is 12.9. The average Bonchev–Trinajstić information content (AvgIpc) is 2.49. The van der Waals surface area contributed by atoms with Crippen molar-refractivity contribution in [1.82, 2.24) is 0 Å². The lowest BCUT2D eigenvalue weighted by atomic mass is 10.2. The molecule has 0 aliphatic heterocycles. The SMILES string of the molecule is O=C(O)c1ccccc1OCCCOc1ccccc1Br. The molecule has 2 aromatic rings. The molecule has 0 heterocycles. The summed E-state index contributed by atoms with van der Waals surface area (Å²) in [5.41, 5.74) is 0.171. The van der Waals surface area contributed by atoms with Crippen LogP contribution in [0.3, 0.4) is 0 Å². The predicted octanol–water partition coefficient (Wildman–Crippen LogP) is 4.00. The van der Waals surface area contributed by atoms with E-state index in [-0.39, 0.29) is 5.56 Å². The Morgan fingerprint density at radius 1 is 0.952 bits per heavy atom. The summed E-state index contributed by atoms with van der Waals surface area (Å²) >= 11 is 3.41. The van der Waals surface area contributed by atoms with Gasteiger partial charge in [-0.1, -0.05) is 24.3 Å². The molecule has 0 amide bonds. The first-order valence-corrected chi connectivity index (χ1v) is 7.30. The van der Waals surface area contributed by atoms with Gasteiger partial charge < -0.3 is 14.6 Å². The summed E-state index contributed by atoms with van der Waals surface area (Å²) in [6, 6.07) is 14.2. The summed E-state index contributed by atoms with van der Waals surface area (Å²) in [7, 11) is 0. The number of rotatable bonds is 7. The lowest BCUT2D eigenvalue weighted by Gasteiger charge is -2.10. The van der Waals surface area contributed by atoms with Crippen molar-refractivity contribution in [3.05, 3.63) is 58.6 Å². The van der Waals surface area contributed by atoms with E-state index in [1.165, 1.54) is 6.07 Å². The Hall–Kier alpha value is -2.01. The minimum atomic E-state index is -0.991. The first-order valence-electron chi connectivity index (χ1n) is 6.51. The molecule has 0 atom stereocenters. The van der Waals surface area contributed by atoms with Crippen LogP contribution in [0.15, 0.2) is 53.0 Å². The smallest absolute Gasteiger partial charge is 0.339 e. The maximum absolute atomic E-state index is 11.0. The Morgan fingerprint density at radius 3 is 2.19 bits per heavy atom. The van der Waals surface area contributed by atoms with Crippen LogP contribution in [0, 0.1) is 0 Å². The molecule has 0 saturated heterocycles. The standard InChI is InChI=1S/C16H15BrO4/c17-13-7-2-4-9-15(13)21-11-5-10-20-14-8-3-1-6-12(14)16(18)19/h1-4,6-9H,5,10-11H2,(H,18,19). The fourth-order valence-corrected chi connectivity index (χ4v) is 2.15. The molecule has 21 heavy (non-hydrogen) atoms. The van der Waals surface area contributed by atoms with Crippen molar-refractivity contribution in [2.24, 2.45) is 0 Å². The fraction of sp³-hybridized carbons (Fsp3) is 0.188. The van der Waals surface area contributed by atoms with Gasteiger partial charge in [-0.15, -0.1) is 0 Å². The molecular weight excluding hydrogens is 336 g/mol. The van der Waals surface area contributed by atoms with Crippen molar-refractivity contribution in [2.45, 2.75) is 6.42 Å². The molecular formula is C16H15BrO4. The lowest BCUT2D eigenvalue weighted by molar-refractivity contribution is 0.0692. The Balaban J connectivity index is 1.78. The maximum atomic E-state index is 11.0. The highest BCUT2D eigenvalue weighted by molar-refractivity contribution is 9.10. The summed E-state index contributed by atoms with van der Waals surface area (Å²) in [5, 5.41) is 9.04. The molecule has 0 aliphatic carbocycles. The van der Waals surface area contributed by atoms with Crippen molar-refractivity contribution >= 4 is 21.9 Å². The number of aromatic carboxylic acids is 1. The molecule has 0 spiro atoms. The number of carbonyl (C=O) groups is 1. The van der Waals surface area contributed by atoms with Crippen LogP contribution in [0.2, 0.25) is 0 Å². The van der Waals surface area contributed by atoms with Crippen LogP contribution in [-0.4, -0.2) is 24.3 Å². The Labute approximate surface area is 131 Å². The Bertz CT molecular complexity index is 613. The van der Waals surface area contributed by atoms with Gasteiger partial charge >= 0.3 is 5.97 Å². The van der Waals surface area contributed by atoms with Crippen LogP contribution in [0.5, 0.6) is 11.5 Å². The highest BCUT2D eigenvalue weighted by atomic mass is 79.9. The molecule has 0 saturated carbocycles. The van der Waals surface area contributed by atoms with Gasteiger partial charge in [0.15, 0.2) is 0 Å². The third-order valence-electron chi connectivity index (χ3n) is 2.76. The van der Waals surface area contributed by atoms with Gasteiger partial charge in [0.2, 0.25) is 0 Å². The quantitative estimate of drug-likeness (QED) is 0.767.